The Morgan fingerprint density at radius 2 is 2.20 bits per heavy atom. The molecule has 3 atom stereocenters. The van der Waals surface area contributed by atoms with E-state index < -0.39 is 0 Å². The Hall–Kier alpha value is -0.940. The van der Waals surface area contributed by atoms with Crippen molar-refractivity contribution in [3.05, 3.63) is 11.7 Å². The second-order valence-corrected chi connectivity index (χ2v) is 6.78. The van der Waals surface area contributed by atoms with Gasteiger partial charge in [-0.15, -0.1) is 0 Å². The summed E-state index contributed by atoms with van der Waals surface area (Å²) in [5.41, 5.74) is -0.0537. The van der Waals surface area contributed by atoms with Crippen molar-refractivity contribution in [3.8, 4) is 0 Å². The first kappa shape index (κ1) is 15.4. The Bertz CT molecular complexity index is 425. The van der Waals surface area contributed by atoms with Crippen LogP contribution in [0.25, 0.3) is 0 Å². The highest BCUT2D eigenvalue weighted by atomic mass is 16.5. The maximum absolute atomic E-state index is 5.54. The van der Waals surface area contributed by atoms with Crippen molar-refractivity contribution in [1.29, 1.82) is 0 Å². The summed E-state index contributed by atoms with van der Waals surface area (Å²) in [6, 6.07) is 0.187. The van der Waals surface area contributed by atoms with Crippen molar-refractivity contribution in [2.24, 2.45) is 11.3 Å². The average molecular weight is 281 g/mol. The Labute approximate surface area is 121 Å². The zero-order valence-corrected chi connectivity index (χ0v) is 13.3. The highest BCUT2D eigenvalue weighted by Gasteiger charge is 2.32. The number of piperidine rings is 1. The maximum atomic E-state index is 5.54. The predicted molar refractivity (Wildman–Crippen MR) is 77.3 cm³/mol. The van der Waals surface area contributed by atoms with Crippen LogP contribution in [0, 0.1) is 11.3 Å². The molecule has 2 rings (SSSR count). The van der Waals surface area contributed by atoms with Crippen LogP contribution < -0.4 is 5.32 Å². The van der Waals surface area contributed by atoms with Gasteiger partial charge in [-0.2, -0.15) is 4.98 Å². The van der Waals surface area contributed by atoms with Gasteiger partial charge in [0.05, 0.1) is 6.04 Å². The van der Waals surface area contributed by atoms with Crippen LogP contribution in [0.3, 0.4) is 0 Å². The molecule has 5 heteroatoms. The van der Waals surface area contributed by atoms with Crippen LogP contribution in [0.4, 0.5) is 0 Å². The molecular weight excluding hydrogens is 254 g/mol. The zero-order valence-electron chi connectivity index (χ0n) is 13.3. The minimum absolute atomic E-state index is 0.0537. The molecule has 1 N–H and O–H groups in total. The molecule has 0 bridgehead atoms. The van der Waals surface area contributed by atoms with Gasteiger partial charge in [-0.05, 0) is 30.7 Å². The number of ether oxygens (including phenoxy) is 1. The first-order valence-corrected chi connectivity index (χ1v) is 7.55. The summed E-state index contributed by atoms with van der Waals surface area (Å²) in [6.07, 6.45) is 3.37. The van der Waals surface area contributed by atoms with Gasteiger partial charge >= 0.3 is 0 Å². The monoisotopic (exact) mass is 281 g/mol. The number of hydrogen-bond acceptors (Lipinski definition) is 5. The molecule has 1 aromatic rings. The van der Waals surface area contributed by atoms with Crippen LogP contribution >= 0.6 is 0 Å². The molecule has 114 valence electrons. The van der Waals surface area contributed by atoms with Crippen molar-refractivity contribution in [2.75, 3.05) is 13.7 Å². The van der Waals surface area contributed by atoms with Gasteiger partial charge in [0, 0.05) is 7.11 Å². The molecule has 1 saturated heterocycles. The molecule has 0 saturated carbocycles. The molecular formula is C15H27N3O2. The van der Waals surface area contributed by atoms with E-state index in [-0.39, 0.29) is 17.6 Å². The molecule has 0 aromatic carbocycles. The Balaban J connectivity index is 2.12. The van der Waals surface area contributed by atoms with Gasteiger partial charge in [0.25, 0.3) is 0 Å². The third-order valence-electron chi connectivity index (χ3n) is 4.10. The van der Waals surface area contributed by atoms with Gasteiger partial charge in [-0.3, -0.25) is 0 Å². The molecule has 1 aliphatic heterocycles. The normalized spacial score (nSPS) is 25.6. The van der Waals surface area contributed by atoms with E-state index in [9.17, 15) is 0 Å². The lowest BCUT2D eigenvalue weighted by molar-refractivity contribution is 0.00718. The van der Waals surface area contributed by atoms with Crippen molar-refractivity contribution < 1.29 is 9.26 Å². The number of methoxy groups -OCH3 is 1. The van der Waals surface area contributed by atoms with Crippen molar-refractivity contribution in [3.63, 3.8) is 0 Å². The summed E-state index contributed by atoms with van der Waals surface area (Å²) < 4.78 is 11.0. The van der Waals surface area contributed by atoms with Crippen LogP contribution in [-0.2, 0) is 4.74 Å². The number of rotatable bonds is 4. The topological polar surface area (TPSA) is 60.2 Å². The number of aromatic nitrogens is 2. The molecule has 3 unspecified atom stereocenters. The number of nitrogens with zero attached hydrogens (tertiary/aromatic N) is 2. The number of hydrogen-bond donors (Lipinski definition) is 1. The highest BCUT2D eigenvalue weighted by Crippen LogP contribution is 2.35. The summed E-state index contributed by atoms with van der Waals surface area (Å²) in [5.74, 6) is 2.09. The minimum atomic E-state index is -0.148. The third kappa shape index (κ3) is 3.38. The van der Waals surface area contributed by atoms with Crippen molar-refractivity contribution >= 4 is 0 Å². The molecule has 5 nitrogen and oxygen atoms in total. The highest BCUT2D eigenvalue weighted by molar-refractivity contribution is 5.00. The van der Waals surface area contributed by atoms with Gasteiger partial charge in [-0.25, -0.2) is 0 Å². The standard InChI is InChI=1S/C15H27N3O2/c1-6-10-7-8-16-11(9-10)14-17-13(18-20-14)12(19-5)15(2,3)4/h10-12,16H,6-9H2,1-5H3. The summed E-state index contributed by atoms with van der Waals surface area (Å²) in [6.45, 7) is 9.61. The van der Waals surface area contributed by atoms with Crippen molar-refractivity contribution in [2.45, 2.75) is 59.1 Å². The minimum Gasteiger partial charge on any atom is -0.373 e. The Morgan fingerprint density at radius 1 is 1.45 bits per heavy atom. The largest absolute Gasteiger partial charge is 0.373 e. The smallest absolute Gasteiger partial charge is 0.243 e. The molecule has 2 heterocycles. The lowest BCUT2D eigenvalue weighted by Gasteiger charge is -2.27. The van der Waals surface area contributed by atoms with Crippen LogP contribution in [0.1, 0.15) is 70.8 Å². The molecule has 1 aliphatic rings. The molecule has 1 fully saturated rings. The number of nitrogens with one attached hydrogen (secondary N) is 1. The van der Waals surface area contributed by atoms with E-state index in [0.29, 0.717) is 11.7 Å². The molecule has 0 radical (unpaired) electrons. The fourth-order valence-electron chi connectivity index (χ4n) is 2.90. The maximum Gasteiger partial charge on any atom is 0.243 e. The van der Waals surface area contributed by atoms with E-state index in [0.717, 1.165) is 18.9 Å². The van der Waals surface area contributed by atoms with Crippen LogP contribution in [-0.4, -0.2) is 23.8 Å². The zero-order chi connectivity index (χ0) is 14.8. The van der Waals surface area contributed by atoms with Gasteiger partial charge in [0.15, 0.2) is 0 Å². The van der Waals surface area contributed by atoms with E-state index in [1.165, 1.54) is 12.8 Å². The summed E-state index contributed by atoms with van der Waals surface area (Å²) in [4.78, 5) is 4.58. The van der Waals surface area contributed by atoms with Gasteiger partial charge < -0.3 is 14.6 Å². The summed E-state index contributed by atoms with van der Waals surface area (Å²) in [5, 5.41) is 7.60. The van der Waals surface area contributed by atoms with E-state index in [2.05, 4.69) is 43.2 Å². The van der Waals surface area contributed by atoms with Gasteiger partial charge in [-0.1, -0.05) is 39.3 Å². The van der Waals surface area contributed by atoms with E-state index in [4.69, 9.17) is 9.26 Å². The molecule has 0 aliphatic carbocycles. The second-order valence-electron chi connectivity index (χ2n) is 6.78. The molecule has 0 amide bonds. The van der Waals surface area contributed by atoms with Crippen molar-refractivity contribution in [1.82, 2.24) is 15.5 Å². The molecule has 1 aromatic heterocycles. The summed E-state index contributed by atoms with van der Waals surface area (Å²) >= 11 is 0. The second kappa shape index (κ2) is 6.22. The molecule has 20 heavy (non-hydrogen) atoms. The third-order valence-corrected chi connectivity index (χ3v) is 4.10. The van der Waals surface area contributed by atoms with Gasteiger partial charge in [0.2, 0.25) is 11.7 Å². The van der Waals surface area contributed by atoms with Crippen LogP contribution in [0.2, 0.25) is 0 Å². The lowest BCUT2D eigenvalue weighted by atomic mass is 9.88. The lowest BCUT2D eigenvalue weighted by Crippen LogP contribution is -2.31. The molecule has 0 spiro atoms. The van der Waals surface area contributed by atoms with Crippen LogP contribution in [0.15, 0.2) is 4.52 Å². The van der Waals surface area contributed by atoms with E-state index >= 15 is 0 Å². The average Bonchev–Trinajstić information content (AvgIpc) is 2.87. The first-order valence-electron chi connectivity index (χ1n) is 7.55. The Morgan fingerprint density at radius 3 is 2.80 bits per heavy atom. The fourth-order valence-corrected chi connectivity index (χ4v) is 2.90. The van der Waals surface area contributed by atoms with Crippen LogP contribution in [0.5, 0.6) is 0 Å². The Kier molecular flexibility index (Phi) is 4.81. The SMILES string of the molecule is CCC1CCNC(c2nc(C(OC)C(C)(C)C)no2)C1. The summed E-state index contributed by atoms with van der Waals surface area (Å²) in [7, 11) is 1.69. The fraction of sp³-hybridized carbons (Fsp3) is 0.867. The quantitative estimate of drug-likeness (QED) is 0.918. The first-order chi connectivity index (χ1) is 9.45. The van der Waals surface area contributed by atoms with E-state index in [1.54, 1.807) is 7.11 Å². The predicted octanol–water partition coefficient (Wildman–Crippen LogP) is 3.25. The van der Waals surface area contributed by atoms with E-state index in [1.807, 2.05) is 0 Å². The van der Waals surface area contributed by atoms with Gasteiger partial charge in [0.1, 0.15) is 6.10 Å².